The van der Waals surface area contributed by atoms with Crippen molar-refractivity contribution in [3.8, 4) is 5.69 Å². The number of carboxylic acid groups (broad SMARTS) is 1. The Morgan fingerprint density at radius 2 is 1.92 bits per heavy atom. The smallest absolute Gasteiger partial charge is 0.339 e. The van der Waals surface area contributed by atoms with Gasteiger partial charge in [0.2, 0.25) is 5.91 Å². The lowest BCUT2D eigenvalue weighted by atomic mass is 9.86. The lowest BCUT2D eigenvalue weighted by Crippen LogP contribution is -2.40. The van der Waals surface area contributed by atoms with E-state index >= 15 is 0 Å². The maximum absolute atomic E-state index is 13.1. The fourth-order valence-electron chi connectivity index (χ4n) is 6.60. The molecule has 1 saturated heterocycles. The van der Waals surface area contributed by atoms with Crippen molar-refractivity contribution in [2.75, 3.05) is 13.1 Å². The van der Waals surface area contributed by atoms with Crippen LogP contribution < -0.4 is 0 Å². The molecule has 3 atom stereocenters. The highest BCUT2D eigenvalue weighted by Crippen LogP contribution is 2.55. The van der Waals surface area contributed by atoms with Crippen molar-refractivity contribution in [1.29, 1.82) is 0 Å². The molecule has 1 N–H and O–H groups in total. The summed E-state index contributed by atoms with van der Waals surface area (Å²) < 4.78 is 3.47. The summed E-state index contributed by atoms with van der Waals surface area (Å²) in [5, 5.41) is 22.7. The van der Waals surface area contributed by atoms with Gasteiger partial charge in [0.25, 0.3) is 0 Å². The van der Waals surface area contributed by atoms with E-state index in [1.807, 2.05) is 25.4 Å². The fourth-order valence-corrected chi connectivity index (χ4v) is 6.60. The van der Waals surface area contributed by atoms with Crippen LogP contribution in [0.2, 0.25) is 0 Å². The number of hydrogen-bond donors (Lipinski definition) is 1. The highest BCUT2D eigenvalue weighted by Gasteiger charge is 2.46. The van der Waals surface area contributed by atoms with Gasteiger partial charge in [0.15, 0.2) is 0 Å². The van der Waals surface area contributed by atoms with Crippen molar-refractivity contribution in [1.82, 2.24) is 29.7 Å². The Balaban J connectivity index is 1.22. The summed E-state index contributed by atoms with van der Waals surface area (Å²) in [6.07, 6.45) is 13.1. The Morgan fingerprint density at radius 1 is 1.08 bits per heavy atom. The summed E-state index contributed by atoms with van der Waals surface area (Å²) in [7, 11) is 1.84. The number of aryl methyl sites for hydroxylation is 1. The molecule has 2 aliphatic carbocycles. The zero-order valence-corrected chi connectivity index (χ0v) is 22.0. The molecule has 9 nitrogen and oxygen atoms in total. The number of aromatic nitrogens is 5. The third kappa shape index (κ3) is 4.98. The number of rotatable bonds is 7. The molecule has 3 aromatic rings. The van der Waals surface area contributed by atoms with Gasteiger partial charge in [0.05, 0.1) is 23.3 Å². The summed E-state index contributed by atoms with van der Waals surface area (Å²) in [4.78, 5) is 27.3. The fraction of sp³-hybridized carbons (Fsp3) is 0.552. The monoisotopic (exact) mass is 516 g/mol. The van der Waals surface area contributed by atoms with E-state index in [1.165, 1.54) is 43.9 Å². The second-order valence-corrected chi connectivity index (χ2v) is 11.4. The first-order valence-corrected chi connectivity index (χ1v) is 14.0. The molecular weight excluding hydrogens is 480 g/mol. The number of benzene rings is 1. The van der Waals surface area contributed by atoms with Crippen LogP contribution in [0, 0.1) is 5.92 Å². The lowest BCUT2D eigenvalue weighted by molar-refractivity contribution is -0.133. The van der Waals surface area contributed by atoms with Crippen LogP contribution in [0.4, 0.5) is 0 Å². The lowest BCUT2D eigenvalue weighted by Gasteiger charge is -2.34. The predicted octanol–water partition coefficient (Wildman–Crippen LogP) is 4.65. The van der Waals surface area contributed by atoms with Crippen LogP contribution in [-0.2, 0) is 11.8 Å². The molecule has 0 spiro atoms. The molecular formula is C29H36N6O3. The second-order valence-electron chi connectivity index (χ2n) is 11.4. The molecule has 3 fully saturated rings. The van der Waals surface area contributed by atoms with Crippen molar-refractivity contribution in [3.63, 3.8) is 0 Å². The molecule has 2 saturated carbocycles. The molecule has 9 heteroatoms. The molecule has 0 radical (unpaired) electrons. The molecule has 1 aliphatic heterocycles. The minimum atomic E-state index is -0.966. The van der Waals surface area contributed by atoms with Crippen molar-refractivity contribution in [2.45, 2.75) is 75.5 Å². The Labute approximate surface area is 222 Å². The zero-order valence-electron chi connectivity index (χ0n) is 22.0. The van der Waals surface area contributed by atoms with Crippen LogP contribution in [0.5, 0.6) is 0 Å². The topological polar surface area (TPSA) is 106 Å². The van der Waals surface area contributed by atoms with Crippen LogP contribution in [0.15, 0.2) is 36.7 Å². The second kappa shape index (κ2) is 10.3. The Morgan fingerprint density at radius 3 is 2.68 bits per heavy atom. The average Bonchev–Trinajstić information content (AvgIpc) is 3.38. The zero-order chi connectivity index (χ0) is 26.2. The van der Waals surface area contributed by atoms with Crippen molar-refractivity contribution in [3.05, 3.63) is 59.2 Å². The van der Waals surface area contributed by atoms with Gasteiger partial charge in [-0.1, -0.05) is 36.6 Å². The van der Waals surface area contributed by atoms with E-state index in [1.54, 1.807) is 9.36 Å². The van der Waals surface area contributed by atoms with Gasteiger partial charge in [-0.05, 0) is 55.7 Å². The third-order valence-electron chi connectivity index (χ3n) is 8.73. The number of aromatic carboxylic acids is 1. The van der Waals surface area contributed by atoms with Gasteiger partial charge < -0.3 is 10.0 Å². The van der Waals surface area contributed by atoms with Gasteiger partial charge in [-0.3, -0.25) is 9.48 Å². The number of carbonyl (C=O) groups is 2. The maximum Gasteiger partial charge on any atom is 0.339 e. The first-order chi connectivity index (χ1) is 18.5. The number of nitrogens with zero attached hydrogens (tertiary/aromatic N) is 6. The summed E-state index contributed by atoms with van der Waals surface area (Å²) in [5.41, 5.74) is 3.88. The molecule has 200 valence electrons. The van der Waals surface area contributed by atoms with E-state index in [4.69, 9.17) is 0 Å². The quantitative estimate of drug-likeness (QED) is 0.490. The van der Waals surface area contributed by atoms with E-state index in [-0.39, 0.29) is 23.3 Å². The van der Waals surface area contributed by atoms with Gasteiger partial charge in [-0.15, -0.1) is 5.10 Å². The molecule has 6 rings (SSSR count). The van der Waals surface area contributed by atoms with Crippen molar-refractivity contribution in [2.24, 2.45) is 13.0 Å². The van der Waals surface area contributed by atoms with E-state index in [0.29, 0.717) is 18.2 Å². The number of amides is 1. The van der Waals surface area contributed by atoms with Gasteiger partial charge in [-0.2, -0.15) is 5.10 Å². The minimum absolute atomic E-state index is 0.0338. The maximum atomic E-state index is 13.1. The Bertz CT molecular complexity index is 1320. The molecule has 0 bridgehead atoms. The van der Waals surface area contributed by atoms with Crippen molar-refractivity contribution < 1.29 is 14.7 Å². The van der Waals surface area contributed by atoms with E-state index < -0.39 is 5.97 Å². The molecule has 38 heavy (non-hydrogen) atoms. The molecule has 1 amide bonds. The van der Waals surface area contributed by atoms with Gasteiger partial charge in [0, 0.05) is 50.5 Å². The van der Waals surface area contributed by atoms with Crippen molar-refractivity contribution >= 4 is 11.9 Å². The standard InChI is InChI=1S/C29H36N6O3/c1-33-18-26(31-32-33)23-15-24(23)28-25(29(37)38)16-30-35(28)22-11-5-9-20(14-22)21-10-6-12-34(17-21)27(36)13-19-7-3-2-4-8-19/h5,9,11,14,16,18-19,21,23-24H,2-4,6-8,10,12-13,15,17H2,1H3,(H,37,38)/t21?,23-,24-/m1/s1. The Kier molecular flexibility index (Phi) is 6.76. The number of likely N-dealkylation sites (tertiary alicyclic amines) is 1. The molecule has 3 aliphatic rings. The van der Waals surface area contributed by atoms with Crippen LogP contribution in [-0.4, -0.2) is 59.7 Å². The molecule has 3 heterocycles. The van der Waals surface area contributed by atoms with Gasteiger partial charge in [0.1, 0.15) is 5.56 Å². The third-order valence-corrected chi connectivity index (χ3v) is 8.73. The summed E-state index contributed by atoms with van der Waals surface area (Å²) in [6, 6.07) is 8.26. The summed E-state index contributed by atoms with van der Waals surface area (Å²) in [5.74, 6) is 0.336. The first-order valence-electron chi connectivity index (χ1n) is 14.0. The number of piperidine rings is 1. The normalized spacial score (nSPS) is 23.9. The number of carboxylic acids is 1. The predicted molar refractivity (Wildman–Crippen MR) is 141 cm³/mol. The van der Waals surface area contributed by atoms with Crippen LogP contribution in [0.1, 0.15) is 103 Å². The van der Waals surface area contributed by atoms with Crippen LogP contribution >= 0.6 is 0 Å². The number of carbonyl (C=O) groups excluding carboxylic acids is 1. The summed E-state index contributed by atoms with van der Waals surface area (Å²) in [6.45, 7) is 1.59. The highest BCUT2D eigenvalue weighted by atomic mass is 16.4. The van der Waals surface area contributed by atoms with Crippen LogP contribution in [0.25, 0.3) is 5.69 Å². The van der Waals surface area contributed by atoms with E-state index in [2.05, 4.69) is 32.4 Å². The minimum Gasteiger partial charge on any atom is -0.478 e. The molecule has 2 aromatic heterocycles. The summed E-state index contributed by atoms with van der Waals surface area (Å²) >= 11 is 0. The SMILES string of the molecule is Cn1cc([C@@H]2C[C@H]2c2c(C(=O)O)cnn2-c2cccc(C3CCCN(C(=O)CC4CCCCC4)C3)c2)nn1. The Hall–Kier alpha value is -3.49. The van der Waals surface area contributed by atoms with Gasteiger partial charge in [-0.25, -0.2) is 9.48 Å². The largest absolute Gasteiger partial charge is 0.478 e. The number of hydrogen-bond acceptors (Lipinski definition) is 5. The molecule has 1 unspecified atom stereocenters. The van der Waals surface area contributed by atoms with E-state index in [0.717, 1.165) is 49.4 Å². The van der Waals surface area contributed by atoms with Crippen LogP contribution in [0.3, 0.4) is 0 Å². The van der Waals surface area contributed by atoms with E-state index in [9.17, 15) is 14.7 Å². The van der Waals surface area contributed by atoms with Gasteiger partial charge >= 0.3 is 5.97 Å². The molecule has 1 aromatic carbocycles. The highest BCUT2D eigenvalue weighted by molar-refractivity contribution is 5.89. The average molecular weight is 517 g/mol. The first kappa shape index (κ1) is 24.8.